The van der Waals surface area contributed by atoms with Crippen LogP contribution in [0.1, 0.15) is 117 Å². The van der Waals surface area contributed by atoms with E-state index in [0.717, 1.165) is 33.4 Å². The Morgan fingerprint density at radius 1 is 0.410 bits per heavy atom. The Morgan fingerprint density at radius 3 is 1.10 bits per heavy atom. The van der Waals surface area contributed by atoms with E-state index >= 15 is 0 Å². The van der Waals surface area contributed by atoms with Crippen LogP contribution in [0.25, 0.3) is 0 Å². The van der Waals surface area contributed by atoms with E-state index in [1.54, 1.807) is 0 Å². The average Bonchev–Trinajstić information content (AvgIpc) is 3.26. The van der Waals surface area contributed by atoms with Crippen molar-refractivity contribution in [2.24, 2.45) is 0 Å². The zero-order chi connectivity index (χ0) is 43.1. The van der Waals surface area contributed by atoms with E-state index in [1.165, 1.54) is 16.7 Å². The second kappa shape index (κ2) is 20.3. The fourth-order valence-electron chi connectivity index (χ4n) is 8.13. The molecule has 0 bridgehead atoms. The van der Waals surface area contributed by atoms with Crippen LogP contribution in [-0.2, 0) is 39.6 Å². The van der Waals surface area contributed by atoms with Gasteiger partial charge >= 0.3 is 51.4 Å². The van der Waals surface area contributed by atoms with E-state index in [1.807, 2.05) is 72.8 Å². The van der Waals surface area contributed by atoms with Crippen molar-refractivity contribution >= 4 is 0 Å². The number of rotatable bonds is 12. The monoisotopic (exact) mass is 832 g/mol. The van der Waals surface area contributed by atoms with Gasteiger partial charge in [0, 0.05) is 32.8 Å². The van der Waals surface area contributed by atoms with Gasteiger partial charge in [0.25, 0.3) is 0 Å². The van der Waals surface area contributed by atoms with Crippen molar-refractivity contribution in [3.63, 3.8) is 0 Å². The number of aryl methyl sites for hydroxylation is 1. The van der Waals surface area contributed by atoms with Gasteiger partial charge in [0.1, 0.15) is 5.75 Å². The van der Waals surface area contributed by atoms with E-state index in [2.05, 4.69) is 165 Å². The summed E-state index contributed by atoms with van der Waals surface area (Å²) in [4.78, 5) is 0. The third-order valence-electron chi connectivity index (χ3n) is 12.6. The predicted octanol–water partition coefficient (Wildman–Crippen LogP) is 10.5. The van der Waals surface area contributed by atoms with Crippen molar-refractivity contribution < 1.29 is 66.3 Å². The number of aromatic hydroxyl groups is 1. The van der Waals surface area contributed by atoms with Gasteiger partial charge in [-0.15, -0.1) is 0 Å². The largest absolute Gasteiger partial charge is 1.00 e. The third-order valence-corrected chi connectivity index (χ3v) is 12.6. The van der Waals surface area contributed by atoms with Gasteiger partial charge in [-0.1, -0.05) is 237 Å². The van der Waals surface area contributed by atoms with Gasteiger partial charge in [-0.2, -0.15) is 0 Å². The van der Waals surface area contributed by atoms with Gasteiger partial charge in [-0.05, 0) is 57.5 Å². The molecule has 0 aliphatic rings. The summed E-state index contributed by atoms with van der Waals surface area (Å²) in [5.41, 5.74) is 9.16. The summed E-state index contributed by atoms with van der Waals surface area (Å²) in [7, 11) is 0. The van der Waals surface area contributed by atoms with Gasteiger partial charge in [0.05, 0.1) is 13.2 Å². The van der Waals surface area contributed by atoms with Crippen LogP contribution >= 0.6 is 0 Å². The summed E-state index contributed by atoms with van der Waals surface area (Å²) in [5.74, 6) is 0.208. The predicted molar refractivity (Wildman–Crippen MR) is 248 cm³/mol. The smallest absolute Gasteiger partial charge is 0.872 e. The van der Waals surface area contributed by atoms with Crippen molar-refractivity contribution in [3.05, 3.63) is 237 Å². The molecule has 0 saturated heterocycles. The van der Waals surface area contributed by atoms with E-state index < -0.39 is 10.8 Å². The molecule has 7 aromatic rings. The molecule has 0 saturated carbocycles. The Balaban J connectivity index is 0.000000799. The van der Waals surface area contributed by atoms with Crippen molar-refractivity contribution in [1.82, 2.24) is 0 Å². The Kier molecular flexibility index (Phi) is 15.9. The molecule has 0 unspecified atom stereocenters. The molecule has 61 heavy (non-hydrogen) atoms. The summed E-state index contributed by atoms with van der Waals surface area (Å²) < 4.78 is 6.50. The second-order valence-corrected chi connectivity index (χ2v) is 18.2. The Labute approximate surface area is 408 Å². The molecule has 0 atom stereocenters. The van der Waals surface area contributed by atoms with Gasteiger partial charge < -0.3 is 14.9 Å². The van der Waals surface area contributed by atoms with Gasteiger partial charge in [-0.3, -0.25) is 0 Å². The third kappa shape index (κ3) is 10.9. The van der Waals surface area contributed by atoms with Crippen molar-refractivity contribution in [2.75, 3.05) is 0 Å². The van der Waals surface area contributed by atoms with Crippen molar-refractivity contribution in [1.29, 1.82) is 0 Å². The first-order valence-corrected chi connectivity index (χ1v) is 21.1. The maximum Gasteiger partial charge on any atom is 1.00 e. The summed E-state index contributed by atoms with van der Waals surface area (Å²) >= 11 is 0. The van der Waals surface area contributed by atoms with Crippen molar-refractivity contribution in [2.45, 2.75) is 97.2 Å². The first-order chi connectivity index (χ1) is 28.5. The SMILES string of the molecule is CC(C)(c1ccccc1)c1cc(COCc2cc(C(C)(C)c3ccccc3)cc(C(C)(C)c3ccccc3)c2O)c([O-])c(C(C)(C)c2ccccc2)c1.Cc1ccccc1.[K+]. The number of phenolic OH excluding ortho intramolecular Hbond substituents is 1. The van der Waals surface area contributed by atoms with Crippen LogP contribution in [0.5, 0.6) is 11.5 Å². The molecule has 0 fully saturated rings. The fourth-order valence-corrected chi connectivity index (χ4v) is 8.13. The minimum atomic E-state index is -0.538. The first kappa shape index (κ1) is 47.8. The summed E-state index contributed by atoms with van der Waals surface area (Å²) in [5, 5.41) is 26.5. The number of phenols is 1. The van der Waals surface area contributed by atoms with Gasteiger partial charge in [0.15, 0.2) is 0 Å². The number of ether oxygens (including phenoxy) is 1. The Hall–Kier alpha value is -4.26. The molecule has 4 heteroatoms. The minimum Gasteiger partial charge on any atom is -0.872 e. The molecular weight excluding hydrogens is 772 g/mol. The molecule has 1 N–H and O–H groups in total. The van der Waals surface area contributed by atoms with Crippen LogP contribution < -0.4 is 56.5 Å². The summed E-state index contributed by atoms with van der Waals surface area (Å²) in [6.45, 7) is 19.7. The number of hydrogen-bond donors (Lipinski definition) is 1. The molecule has 0 aromatic heterocycles. The standard InChI is InChI=1S/C50H54O3.C7H8.K/c1-47(2,37-21-13-9-14-22-37)41-29-35(45(51)43(31-41)49(5,6)39-25-17-11-18-26-39)33-53-34-36-30-42(48(3,4)38-23-15-10-16-24-38)32-44(46(36)52)50(7,8)40-27-19-12-20-28-40;1-7-5-3-2-4-6-7;/h9-32,51-52H,33-34H2,1-8H3;2-6H,1H3;/q;;+1/p-1. The Morgan fingerprint density at radius 2 is 0.721 bits per heavy atom. The molecular formula is C57H61KO3. The van der Waals surface area contributed by atoms with Crippen LogP contribution in [-0.4, -0.2) is 5.11 Å². The molecule has 0 aliphatic carbocycles. The quantitative estimate of drug-likeness (QED) is 0.125. The fraction of sp³-hybridized carbons (Fsp3) is 0.263. The van der Waals surface area contributed by atoms with Crippen LogP contribution in [0.2, 0.25) is 0 Å². The molecule has 3 nitrogen and oxygen atoms in total. The molecule has 0 radical (unpaired) electrons. The van der Waals surface area contributed by atoms with Crippen LogP contribution in [0.4, 0.5) is 0 Å². The second-order valence-electron chi connectivity index (χ2n) is 18.2. The maximum absolute atomic E-state index is 14.5. The topological polar surface area (TPSA) is 52.5 Å². The molecule has 0 spiro atoms. The zero-order valence-electron chi connectivity index (χ0n) is 37.9. The summed E-state index contributed by atoms with van der Waals surface area (Å²) in [6, 6.07) is 60.1. The van der Waals surface area contributed by atoms with E-state index in [0.29, 0.717) is 11.1 Å². The molecule has 7 rings (SSSR count). The molecule has 0 aliphatic heterocycles. The van der Waals surface area contributed by atoms with Gasteiger partial charge in [-0.25, -0.2) is 0 Å². The van der Waals surface area contributed by atoms with Crippen LogP contribution in [0.15, 0.2) is 176 Å². The normalized spacial score (nSPS) is 11.9. The molecule has 308 valence electrons. The van der Waals surface area contributed by atoms with E-state index in [9.17, 15) is 10.2 Å². The molecule has 0 heterocycles. The first-order valence-electron chi connectivity index (χ1n) is 21.1. The zero-order valence-corrected chi connectivity index (χ0v) is 41.0. The summed E-state index contributed by atoms with van der Waals surface area (Å²) in [6.07, 6.45) is 0. The van der Waals surface area contributed by atoms with Crippen LogP contribution in [0, 0.1) is 6.92 Å². The van der Waals surface area contributed by atoms with Gasteiger partial charge in [0.2, 0.25) is 0 Å². The number of hydrogen-bond acceptors (Lipinski definition) is 3. The van der Waals surface area contributed by atoms with Crippen molar-refractivity contribution in [3.8, 4) is 11.5 Å². The van der Waals surface area contributed by atoms with E-state index in [-0.39, 0.29) is 86.9 Å². The number of benzene rings is 7. The molecule has 0 amide bonds. The van der Waals surface area contributed by atoms with E-state index in [4.69, 9.17) is 4.74 Å². The average molecular weight is 833 g/mol. The molecule has 7 aromatic carbocycles. The Bertz CT molecular complexity index is 2300. The maximum atomic E-state index is 14.5. The minimum absolute atomic E-state index is 0. The van der Waals surface area contributed by atoms with Crippen LogP contribution in [0.3, 0.4) is 0 Å².